The summed E-state index contributed by atoms with van der Waals surface area (Å²) < 4.78 is 1.08. The number of anilines is 1. The molecule has 94 valence electrons. The maximum atomic E-state index is 4.50. The third-order valence-electron chi connectivity index (χ3n) is 3.83. The molecule has 1 aliphatic heterocycles. The van der Waals surface area contributed by atoms with Crippen molar-refractivity contribution < 1.29 is 0 Å². The fourth-order valence-electron chi connectivity index (χ4n) is 2.18. The van der Waals surface area contributed by atoms with Crippen LogP contribution in [-0.2, 0) is 0 Å². The Balaban J connectivity index is 2.08. The van der Waals surface area contributed by atoms with E-state index in [2.05, 4.69) is 58.1 Å². The summed E-state index contributed by atoms with van der Waals surface area (Å²) in [6.45, 7) is 6.55. The molecule has 0 radical (unpaired) electrons. The molecule has 0 aromatic carbocycles. The van der Waals surface area contributed by atoms with Crippen molar-refractivity contribution in [1.82, 2.24) is 10.3 Å². The van der Waals surface area contributed by atoms with Crippen molar-refractivity contribution in [2.45, 2.75) is 32.2 Å². The van der Waals surface area contributed by atoms with E-state index in [1.807, 2.05) is 6.20 Å². The van der Waals surface area contributed by atoms with Crippen molar-refractivity contribution in [3.8, 4) is 0 Å². The van der Waals surface area contributed by atoms with E-state index in [0.29, 0.717) is 5.54 Å². The predicted octanol–water partition coefficient (Wildman–Crippen LogP) is 2.73. The molecule has 17 heavy (non-hydrogen) atoms. The molecule has 2 rings (SSSR count). The predicted molar refractivity (Wildman–Crippen MR) is 75.6 cm³/mol. The van der Waals surface area contributed by atoms with Crippen LogP contribution < -0.4 is 10.2 Å². The second kappa shape index (κ2) is 4.94. The molecule has 1 aromatic heterocycles. The van der Waals surface area contributed by atoms with Gasteiger partial charge < -0.3 is 10.2 Å². The minimum absolute atomic E-state index is 0.293. The third kappa shape index (κ3) is 2.80. The molecule has 1 saturated heterocycles. The van der Waals surface area contributed by atoms with Crippen LogP contribution in [0, 0.1) is 6.92 Å². The van der Waals surface area contributed by atoms with Crippen molar-refractivity contribution in [3.63, 3.8) is 0 Å². The highest BCUT2D eigenvalue weighted by Crippen LogP contribution is 2.26. The summed E-state index contributed by atoms with van der Waals surface area (Å²) in [4.78, 5) is 6.87. The van der Waals surface area contributed by atoms with E-state index in [1.54, 1.807) is 0 Å². The monoisotopic (exact) mass is 297 g/mol. The number of rotatable bonds is 2. The fourth-order valence-corrected chi connectivity index (χ4v) is 2.39. The topological polar surface area (TPSA) is 28.2 Å². The molecule has 4 heteroatoms. The summed E-state index contributed by atoms with van der Waals surface area (Å²) in [7, 11) is 2.05. The van der Waals surface area contributed by atoms with Gasteiger partial charge in [0.05, 0.1) is 0 Å². The van der Waals surface area contributed by atoms with E-state index in [4.69, 9.17) is 0 Å². The quantitative estimate of drug-likeness (QED) is 0.910. The van der Waals surface area contributed by atoms with Crippen LogP contribution in [-0.4, -0.2) is 30.7 Å². The normalized spacial score (nSPS) is 19.4. The van der Waals surface area contributed by atoms with Crippen molar-refractivity contribution in [2.24, 2.45) is 0 Å². The molecule has 1 aromatic rings. The lowest BCUT2D eigenvalue weighted by molar-refractivity contribution is 0.304. The van der Waals surface area contributed by atoms with Crippen molar-refractivity contribution in [3.05, 3.63) is 22.3 Å². The summed E-state index contributed by atoms with van der Waals surface area (Å²) in [6, 6.07) is 2.16. The molecule has 1 fully saturated rings. The van der Waals surface area contributed by atoms with Gasteiger partial charge in [-0.25, -0.2) is 4.98 Å². The molecule has 0 aliphatic carbocycles. The van der Waals surface area contributed by atoms with Gasteiger partial charge in [0, 0.05) is 29.3 Å². The van der Waals surface area contributed by atoms with Gasteiger partial charge in [0.1, 0.15) is 5.82 Å². The van der Waals surface area contributed by atoms with Gasteiger partial charge in [-0.1, -0.05) is 0 Å². The Morgan fingerprint density at radius 1 is 1.41 bits per heavy atom. The number of pyridine rings is 1. The number of aryl methyl sites for hydroxylation is 1. The van der Waals surface area contributed by atoms with Gasteiger partial charge in [0.2, 0.25) is 0 Å². The summed E-state index contributed by atoms with van der Waals surface area (Å²) in [6.07, 6.45) is 4.23. The van der Waals surface area contributed by atoms with Crippen LogP contribution in [0.25, 0.3) is 0 Å². The SMILES string of the molecule is CNC1(C)CCN(c2cc(C)c(Br)cn2)CC1. The lowest BCUT2D eigenvalue weighted by Crippen LogP contribution is -2.50. The van der Waals surface area contributed by atoms with Crippen LogP contribution in [0.3, 0.4) is 0 Å². The number of nitrogens with one attached hydrogen (secondary N) is 1. The molecule has 1 aliphatic rings. The molecule has 0 bridgehead atoms. The zero-order valence-electron chi connectivity index (χ0n) is 10.8. The van der Waals surface area contributed by atoms with E-state index >= 15 is 0 Å². The van der Waals surface area contributed by atoms with Crippen LogP contribution in [0.2, 0.25) is 0 Å². The van der Waals surface area contributed by atoms with Gasteiger partial charge in [-0.05, 0) is 61.3 Å². The Morgan fingerprint density at radius 3 is 2.59 bits per heavy atom. The average molecular weight is 298 g/mol. The zero-order chi connectivity index (χ0) is 12.5. The van der Waals surface area contributed by atoms with E-state index in [1.165, 1.54) is 18.4 Å². The number of aromatic nitrogens is 1. The Labute approximate surface area is 112 Å². The standard InChI is InChI=1S/C13H20BrN3/c1-10-8-12(16-9-11(10)14)17-6-4-13(2,15-3)5-7-17/h8-9,15H,4-7H2,1-3H3. The van der Waals surface area contributed by atoms with Crippen LogP contribution in [0.5, 0.6) is 0 Å². The summed E-state index contributed by atoms with van der Waals surface area (Å²) in [5.74, 6) is 1.10. The molecule has 1 N–H and O–H groups in total. The lowest BCUT2D eigenvalue weighted by atomic mass is 9.90. The first-order chi connectivity index (χ1) is 8.04. The molecule has 0 atom stereocenters. The van der Waals surface area contributed by atoms with Crippen molar-refractivity contribution in [2.75, 3.05) is 25.0 Å². The van der Waals surface area contributed by atoms with Gasteiger partial charge >= 0.3 is 0 Å². The summed E-state index contributed by atoms with van der Waals surface area (Å²) in [5, 5.41) is 3.42. The maximum absolute atomic E-state index is 4.50. The lowest BCUT2D eigenvalue weighted by Gasteiger charge is -2.39. The minimum atomic E-state index is 0.293. The number of hydrogen-bond donors (Lipinski definition) is 1. The van der Waals surface area contributed by atoms with Gasteiger partial charge in [0.15, 0.2) is 0 Å². The average Bonchev–Trinajstić information content (AvgIpc) is 2.34. The Hall–Kier alpha value is -0.610. The molecule has 0 amide bonds. The summed E-state index contributed by atoms with van der Waals surface area (Å²) >= 11 is 3.49. The van der Waals surface area contributed by atoms with Crippen molar-refractivity contribution in [1.29, 1.82) is 0 Å². The molecule has 0 spiro atoms. The maximum Gasteiger partial charge on any atom is 0.128 e. The van der Waals surface area contributed by atoms with Crippen LogP contribution >= 0.6 is 15.9 Å². The molecule has 3 nitrogen and oxygen atoms in total. The number of nitrogens with zero attached hydrogens (tertiary/aromatic N) is 2. The van der Waals surface area contributed by atoms with Crippen LogP contribution in [0.15, 0.2) is 16.7 Å². The first-order valence-corrected chi connectivity index (χ1v) is 6.89. The highest BCUT2D eigenvalue weighted by Gasteiger charge is 2.28. The number of hydrogen-bond acceptors (Lipinski definition) is 3. The highest BCUT2D eigenvalue weighted by atomic mass is 79.9. The van der Waals surface area contributed by atoms with Gasteiger partial charge in [-0.2, -0.15) is 0 Å². The molecular weight excluding hydrogens is 278 g/mol. The van der Waals surface area contributed by atoms with Crippen LogP contribution in [0.1, 0.15) is 25.3 Å². The van der Waals surface area contributed by atoms with Gasteiger partial charge in [-0.3, -0.25) is 0 Å². The van der Waals surface area contributed by atoms with Crippen LogP contribution in [0.4, 0.5) is 5.82 Å². The van der Waals surface area contributed by atoms with E-state index < -0.39 is 0 Å². The Bertz CT molecular complexity index is 398. The zero-order valence-corrected chi connectivity index (χ0v) is 12.3. The fraction of sp³-hybridized carbons (Fsp3) is 0.615. The Morgan fingerprint density at radius 2 is 2.06 bits per heavy atom. The minimum Gasteiger partial charge on any atom is -0.356 e. The smallest absolute Gasteiger partial charge is 0.128 e. The largest absolute Gasteiger partial charge is 0.356 e. The number of halogens is 1. The third-order valence-corrected chi connectivity index (χ3v) is 4.66. The molecule has 0 unspecified atom stereocenters. The second-order valence-corrected chi connectivity index (χ2v) is 5.94. The van der Waals surface area contributed by atoms with E-state index in [-0.39, 0.29) is 0 Å². The summed E-state index contributed by atoms with van der Waals surface area (Å²) in [5.41, 5.74) is 1.54. The highest BCUT2D eigenvalue weighted by molar-refractivity contribution is 9.10. The van der Waals surface area contributed by atoms with E-state index in [0.717, 1.165) is 23.4 Å². The molecular formula is C13H20BrN3. The Kier molecular flexibility index (Phi) is 3.73. The van der Waals surface area contributed by atoms with Gasteiger partial charge in [0.25, 0.3) is 0 Å². The first-order valence-electron chi connectivity index (χ1n) is 6.10. The van der Waals surface area contributed by atoms with Gasteiger partial charge in [-0.15, -0.1) is 0 Å². The molecule has 0 saturated carbocycles. The van der Waals surface area contributed by atoms with E-state index in [9.17, 15) is 0 Å². The molecule has 2 heterocycles. The van der Waals surface area contributed by atoms with Crippen molar-refractivity contribution >= 4 is 21.7 Å². The second-order valence-electron chi connectivity index (χ2n) is 5.09. The first kappa shape index (κ1) is 12.8. The number of piperidine rings is 1.